The van der Waals surface area contributed by atoms with E-state index in [2.05, 4.69) is 10.1 Å². The summed E-state index contributed by atoms with van der Waals surface area (Å²) in [5.74, 6) is 0.774. The minimum absolute atomic E-state index is 0.199. The summed E-state index contributed by atoms with van der Waals surface area (Å²) in [7, 11) is 1.62. The van der Waals surface area contributed by atoms with Crippen LogP contribution in [0.3, 0.4) is 0 Å². The molecule has 0 spiro atoms. The van der Waals surface area contributed by atoms with E-state index in [0.717, 1.165) is 22.5 Å². The number of nitrogens with zero attached hydrogens (tertiary/aromatic N) is 2. The highest BCUT2D eigenvalue weighted by Crippen LogP contribution is 2.23. The Kier molecular flexibility index (Phi) is 2.84. The molecule has 6 nitrogen and oxygen atoms in total. The van der Waals surface area contributed by atoms with Gasteiger partial charge in [-0.2, -0.15) is 5.10 Å². The highest BCUT2D eigenvalue weighted by molar-refractivity contribution is 5.82. The van der Waals surface area contributed by atoms with Crippen molar-refractivity contribution in [3.05, 3.63) is 58.9 Å². The van der Waals surface area contributed by atoms with Crippen molar-refractivity contribution in [3.8, 4) is 17.0 Å². The van der Waals surface area contributed by atoms with Crippen LogP contribution in [-0.2, 0) is 0 Å². The van der Waals surface area contributed by atoms with Gasteiger partial charge in [-0.3, -0.25) is 4.79 Å². The van der Waals surface area contributed by atoms with E-state index in [9.17, 15) is 4.79 Å². The largest absolute Gasteiger partial charge is 0.497 e. The Morgan fingerprint density at radius 1 is 1.09 bits per heavy atom. The predicted molar refractivity (Wildman–Crippen MR) is 89.7 cm³/mol. The number of hydrogen-bond donors (Lipinski definition) is 2. The van der Waals surface area contributed by atoms with Crippen LogP contribution in [-0.4, -0.2) is 21.7 Å². The highest BCUT2D eigenvalue weighted by Gasteiger charge is 2.11. The number of H-pyrrole nitrogens is 1. The summed E-state index contributed by atoms with van der Waals surface area (Å²) in [6.07, 6.45) is 0. The van der Waals surface area contributed by atoms with E-state index in [4.69, 9.17) is 10.5 Å². The summed E-state index contributed by atoms with van der Waals surface area (Å²) >= 11 is 0. The molecular formula is C17H14N4O2. The van der Waals surface area contributed by atoms with E-state index < -0.39 is 0 Å². The molecule has 0 aliphatic heterocycles. The van der Waals surface area contributed by atoms with Crippen molar-refractivity contribution in [3.63, 3.8) is 0 Å². The van der Waals surface area contributed by atoms with Gasteiger partial charge >= 0.3 is 0 Å². The van der Waals surface area contributed by atoms with Crippen molar-refractivity contribution in [2.45, 2.75) is 0 Å². The number of ether oxygens (including phenoxy) is 1. The van der Waals surface area contributed by atoms with Crippen molar-refractivity contribution in [1.82, 2.24) is 14.6 Å². The number of nitrogens with one attached hydrogen (secondary N) is 1. The monoisotopic (exact) mass is 306 g/mol. The van der Waals surface area contributed by atoms with Crippen molar-refractivity contribution in [2.24, 2.45) is 0 Å². The Bertz CT molecular complexity index is 1080. The molecule has 0 radical (unpaired) electrons. The Balaban J connectivity index is 1.97. The van der Waals surface area contributed by atoms with Crippen LogP contribution in [0, 0.1) is 0 Å². The van der Waals surface area contributed by atoms with Gasteiger partial charge in [0.2, 0.25) is 0 Å². The maximum absolute atomic E-state index is 12.3. The number of methoxy groups -OCH3 is 1. The second-order valence-corrected chi connectivity index (χ2v) is 5.29. The van der Waals surface area contributed by atoms with Gasteiger partial charge in [-0.15, -0.1) is 0 Å². The molecule has 0 bridgehead atoms. The van der Waals surface area contributed by atoms with E-state index in [0.29, 0.717) is 16.7 Å². The molecule has 114 valence electrons. The average molecular weight is 306 g/mol. The molecule has 0 aliphatic rings. The first-order valence-electron chi connectivity index (χ1n) is 7.11. The Hall–Kier alpha value is -3.28. The SMILES string of the molecule is COc1ccc(-c2cc3c(=O)[nH]c4cc(N)ccc4n3n2)cc1. The van der Waals surface area contributed by atoms with Gasteiger partial charge in [0.25, 0.3) is 5.56 Å². The first-order valence-corrected chi connectivity index (χ1v) is 7.11. The molecule has 4 aromatic rings. The summed E-state index contributed by atoms with van der Waals surface area (Å²) in [5, 5.41) is 4.57. The number of anilines is 1. The first kappa shape index (κ1) is 13.4. The fourth-order valence-corrected chi connectivity index (χ4v) is 2.65. The number of nitrogens with two attached hydrogens (primary N) is 1. The van der Waals surface area contributed by atoms with Gasteiger partial charge in [0.05, 0.1) is 23.8 Å². The van der Waals surface area contributed by atoms with E-state index in [-0.39, 0.29) is 5.56 Å². The standard InChI is InChI=1S/C17H14N4O2/c1-23-12-5-2-10(3-6-12)13-9-16-17(22)19-14-8-11(18)4-7-15(14)21(16)20-13/h2-9H,18H2,1H3,(H,19,22). The van der Waals surface area contributed by atoms with Crippen LogP contribution in [0.5, 0.6) is 5.75 Å². The van der Waals surface area contributed by atoms with Crippen molar-refractivity contribution in [2.75, 3.05) is 12.8 Å². The van der Waals surface area contributed by atoms with E-state index >= 15 is 0 Å². The van der Waals surface area contributed by atoms with Crippen LogP contribution < -0.4 is 16.0 Å². The fraction of sp³-hybridized carbons (Fsp3) is 0.0588. The number of fused-ring (bicyclic) bond motifs is 3. The van der Waals surface area contributed by atoms with Crippen molar-refractivity contribution >= 4 is 22.2 Å². The third-order valence-corrected chi connectivity index (χ3v) is 3.82. The maximum atomic E-state index is 12.3. The smallest absolute Gasteiger partial charge is 0.274 e. The summed E-state index contributed by atoms with van der Waals surface area (Å²) in [4.78, 5) is 15.1. The summed E-state index contributed by atoms with van der Waals surface area (Å²) in [5.41, 5.74) is 9.76. The van der Waals surface area contributed by atoms with Crippen molar-refractivity contribution in [1.29, 1.82) is 0 Å². The minimum Gasteiger partial charge on any atom is -0.497 e. The molecule has 0 saturated carbocycles. The summed E-state index contributed by atoms with van der Waals surface area (Å²) < 4.78 is 6.81. The molecule has 0 saturated heterocycles. The zero-order chi connectivity index (χ0) is 16.0. The second kappa shape index (κ2) is 4.88. The van der Waals surface area contributed by atoms with Gasteiger partial charge < -0.3 is 15.5 Å². The molecule has 3 N–H and O–H groups in total. The van der Waals surface area contributed by atoms with Gasteiger partial charge in [0.15, 0.2) is 0 Å². The Labute approximate surface area is 131 Å². The zero-order valence-electron chi connectivity index (χ0n) is 12.4. The zero-order valence-corrected chi connectivity index (χ0v) is 12.4. The van der Waals surface area contributed by atoms with Crippen LogP contribution in [0.2, 0.25) is 0 Å². The molecule has 0 atom stereocenters. The topological polar surface area (TPSA) is 85.4 Å². The van der Waals surface area contributed by atoms with Gasteiger partial charge in [-0.25, -0.2) is 4.52 Å². The summed E-state index contributed by atoms with van der Waals surface area (Å²) in [6, 6.07) is 14.7. The molecule has 0 fully saturated rings. The third-order valence-electron chi connectivity index (χ3n) is 3.82. The van der Waals surface area contributed by atoms with E-state index in [1.54, 1.807) is 29.8 Å². The molecular weight excluding hydrogens is 292 g/mol. The van der Waals surface area contributed by atoms with E-state index in [1.807, 2.05) is 30.3 Å². The lowest BCUT2D eigenvalue weighted by molar-refractivity contribution is 0.415. The van der Waals surface area contributed by atoms with E-state index in [1.165, 1.54) is 0 Å². The molecule has 2 aromatic carbocycles. The molecule has 4 rings (SSSR count). The normalized spacial score (nSPS) is 11.2. The number of rotatable bonds is 2. The van der Waals surface area contributed by atoms with Gasteiger partial charge in [0.1, 0.15) is 11.3 Å². The number of aromatic amines is 1. The number of nitrogen functional groups attached to an aromatic ring is 1. The molecule has 0 amide bonds. The Morgan fingerprint density at radius 2 is 1.87 bits per heavy atom. The maximum Gasteiger partial charge on any atom is 0.274 e. The molecule has 23 heavy (non-hydrogen) atoms. The molecule has 2 aromatic heterocycles. The Morgan fingerprint density at radius 3 is 2.61 bits per heavy atom. The minimum atomic E-state index is -0.199. The highest BCUT2D eigenvalue weighted by atomic mass is 16.5. The van der Waals surface area contributed by atoms with Crippen LogP contribution in [0.1, 0.15) is 0 Å². The second-order valence-electron chi connectivity index (χ2n) is 5.29. The molecule has 0 aliphatic carbocycles. The molecule has 0 unspecified atom stereocenters. The lowest BCUT2D eigenvalue weighted by Crippen LogP contribution is -2.10. The lowest BCUT2D eigenvalue weighted by Gasteiger charge is -2.02. The predicted octanol–water partition coefficient (Wildman–Crippen LogP) is 2.43. The van der Waals surface area contributed by atoms with Gasteiger partial charge in [-0.05, 0) is 48.5 Å². The number of aromatic nitrogens is 3. The van der Waals surface area contributed by atoms with Crippen LogP contribution >= 0.6 is 0 Å². The van der Waals surface area contributed by atoms with Crippen LogP contribution in [0.15, 0.2) is 53.3 Å². The lowest BCUT2D eigenvalue weighted by atomic mass is 10.1. The van der Waals surface area contributed by atoms with Gasteiger partial charge in [0, 0.05) is 11.3 Å². The quantitative estimate of drug-likeness (QED) is 0.557. The van der Waals surface area contributed by atoms with Crippen molar-refractivity contribution < 1.29 is 4.74 Å². The first-order chi connectivity index (χ1) is 11.2. The van der Waals surface area contributed by atoms with Gasteiger partial charge in [-0.1, -0.05) is 0 Å². The third kappa shape index (κ3) is 2.12. The molecule has 6 heteroatoms. The average Bonchev–Trinajstić information content (AvgIpc) is 3.01. The summed E-state index contributed by atoms with van der Waals surface area (Å²) in [6.45, 7) is 0. The molecule has 2 heterocycles. The number of benzene rings is 2. The number of hydrogen-bond acceptors (Lipinski definition) is 4. The van der Waals surface area contributed by atoms with Crippen LogP contribution in [0.4, 0.5) is 5.69 Å². The van der Waals surface area contributed by atoms with Crippen LogP contribution in [0.25, 0.3) is 27.8 Å². The fourth-order valence-electron chi connectivity index (χ4n) is 2.65.